The van der Waals surface area contributed by atoms with E-state index in [1.54, 1.807) is 0 Å². The summed E-state index contributed by atoms with van der Waals surface area (Å²) >= 11 is 0. The highest BCUT2D eigenvalue weighted by atomic mass is 19.2. The van der Waals surface area contributed by atoms with Gasteiger partial charge in [0.25, 0.3) is 0 Å². The number of carboxylic acid groups (broad SMARTS) is 1. The zero-order valence-electron chi connectivity index (χ0n) is 10.1. The molecule has 0 unspecified atom stereocenters. The summed E-state index contributed by atoms with van der Waals surface area (Å²) in [6.45, 7) is 0. The van der Waals surface area contributed by atoms with Crippen molar-refractivity contribution >= 4 is 12.0 Å². The maximum atomic E-state index is 13.8. The van der Waals surface area contributed by atoms with E-state index >= 15 is 0 Å². The molecule has 102 valence electrons. The van der Waals surface area contributed by atoms with Gasteiger partial charge >= 0.3 is 5.97 Å². The molecule has 0 fully saturated rings. The minimum Gasteiger partial charge on any atom is -0.478 e. The normalized spacial score (nSPS) is 10.9. The summed E-state index contributed by atoms with van der Waals surface area (Å²) in [6, 6.07) is 7.05. The summed E-state index contributed by atoms with van der Waals surface area (Å²) in [7, 11) is 0. The summed E-state index contributed by atoms with van der Waals surface area (Å²) in [4.78, 5) is 10.5. The predicted octanol–water partition coefficient (Wildman–Crippen LogP) is 3.87. The molecule has 1 N–H and O–H groups in total. The lowest BCUT2D eigenvalue weighted by molar-refractivity contribution is -0.131. The van der Waals surface area contributed by atoms with Gasteiger partial charge in [-0.15, -0.1) is 0 Å². The number of aliphatic carboxylic acids is 1. The van der Waals surface area contributed by atoms with Gasteiger partial charge in [0.2, 0.25) is 0 Å². The molecule has 0 heterocycles. The van der Waals surface area contributed by atoms with Crippen molar-refractivity contribution in [3.05, 3.63) is 65.5 Å². The summed E-state index contributed by atoms with van der Waals surface area (Å²) in [5.74, 6) is -3.92. The van der Waals surface area contributed by atoms with Crippen LogP contribution in [-0.4, -0.2) is 11.1 Å². The van der Waals surface area contributed by atoms with Gasteiger partial charge in [-0.1, -0.05) is 18.2 Å². The molecule has 2 aromatic rings. The Kier molecular flexibility index (Phi) is 3.89. The minimum absolute atomic E-state index is 0.0601. The molecule has 5 heteroatoms. The Morgan fingerprint density at radius 3 is 2.50 bits per heavy atom. The van der Waals surface area contributed by atoms with Crippen molar-refractivity contribution in [2.45, 2.75) is 0 Å². The van der Waals surface area contributed by atoms with E-state index in [2.05, 4.69) is 0 Å². The average Bonchev–Trinajstić information content (AvgIpc) is 2.40. The fraction of sp³-hybridized carbons (Fsp3) is 0. The summed E-state index contributed by atoms with van der Waals surface area (Å²) in [5.41, 5.74) is 0.299. The lowest BCUT2D eigenvalue weighted by atomic mass is 9.98. The molecule has 0 saturated carbocycles. The molecule has 2 aromatic carbocycles. The highest BCUT2D eigenvalue weighted by Gasteiger charge is 2.12. The SMILES string of the molecule is O=C(O)/C=C\c1cc(F)ccc1-c1cccc(F)c1F. The molecule has 0 radical (unpaired) electrons. The monoisotopic (exact) mass is 278 g/mol. The van der Waals surface area contributed by atoms with E-state index in [0.717, 1.165) is 30.4 Å². The highest BCUT2D eigenvalue weighted by Crippen LogP contribution is 2.29. The van der Waals surface area contributed by atoms with Crippen molar-refractivity contribution < 1.29 is 23.1 Å². The summed E-state index contributed by atoms with van der Waals surface area (Å²) in [5, 5.41) is 8.59. The molecule has 0 amide bonds. The molecule has 0 aromatic heterocycles. The first-order valence-electron chi connectivity index (χ1n) is 5.64. The summed E-state index contributed by atoms with van der Waals surface area (Å²) < 4.78 is 40.2. The van der Waals surface area contributed by atoms with Crippen LogP contribution in [0.25, 0.3) is 17.2 Å². The lowest BCUT2D eigenvalue weighted by Gasteiger charge is -2.08. The predicted molar refractivity (Wildman–Crippen MR) is 68.4 cm³/mol. The highest BCUT2D eigenvalue weighted by molar-refractivity contribution is 5.87. The molecule has 2 rings (SSSR count). The fourth-order valence-corrected chi connectivity index (χ4v) is 1.79. The standard InChI is InChI=1S/C15H9F3O2/c16-10-5-6-11(9(8-10)4-7-14(19)20)12-2-1-3-13(17)15(12)18/h1-8H,(H,19,20)/b7-4-. The minimum atomic E-state index is -1.22. The van der Waals surface area contributed by atoms with E-state index in [1.165, 1.54) is 18.2 Å². The topological polar surface area (TPSA) is 37.3 Å². The van der Waals surface area contributed by atoms with Crippen molar-refractivity contribution in [2.24, 2.45) is 0 Å². The zero-order valence-corrected chi connectivity index (χ0v) is 10.1. The second-order valence-electron chi connectivity index (χ2n) is 4.00. The van der Waals surface area contributed by atoms with E-state index in [-0.39, 0.29) is 16.7 Å². The summed E-state index contributed by atoms with van der Waals surface area (Å²) in [6.07, 6.45) is 1.93. The molecule has 0 aliphatic carbocycles. The Balaban J connectivity index is 2.62. The van der Waals surface area contributed by atoms with Crippen LogP contribution in [0.3, 0.4) is 0 Å². The van der Waals surface area contributed by atoms with Gasteiger partial charge in [-0.3, -0.25) is 0 Å². The molecule has 0 aliphatic heterocycles. The van der Waals surface area contributed by atoms with E-state index < -0.39 is 23.4 Å². The molecular formula is C15H9F3O2. The van der Waals surface area contributed by atoms with E-state index in [0.29, 0.717) is 0 Å². The van der Waals surface area contributed by atoms with Crippen molar-refractivity contribution in [1.82, 2.24) is 0 Å². The van der Waals surface area contributed by atoms with Crippen LogP contribution in [0, 0.1) is 17.5 Å². The van der Waals surface area contributed by atoms with Gasteiger partial charge in [0.1, 0.15) is 5.82 Å². The van der Waals surface area contributed by atoms with Crippen molar-refractivity contribution in [1.29, 1.82) is 0 Å². The Morgan fingerprint density at radius 2 is 1.80 bits per heavy atom. The second kappa shape index (κ2) is 5.61. The van der Waals surface area contributed by atoms with E-state index in [1.807, 2.05) is 0 Å². The van der Waals surface area contributed by atoms with Crippen LogP contribution >= 0.6 is 0 Å². The maximum Gasteiger partial charge on any atom is 0.328 e. The first-order chi connectivity index (χ1) is 9.49. The number of halogens is 3. The van der Waals surface area contributed by atoms with Crippen LogP contribution in [0.1, 0.15) is 5.56 Å². The van der Waals surface area contributed by atoms with E-state index in [9.17, 15) is 18.0 Å². The van der Waals surface area contributed by atoms with Gasteiger partial charge in [-0.25, -0.2) is 18.0 Å². The molecule has 0 saturated heterocycles. The number of hydrogen-bond donors (Lipinski definition) is 1. The molecule has 0 aliphatic rings. The molecule has 20 heavy (non-hydrogen) atoms. The Bertz CT molecular complexity index is 694. The van der Waals surface area contributed by atoms with Crippen molar-refractivity contribution in [2.75, 3.05) is 0 Å². The van der Waals surface area contributed by atoms with Crippen molar-refractivity contribution in [3.8, 4) is 11.1 Å². The van der Waals surface area contributed by atoms with Crippen LogP contribution in [0.5, 0.6) is 0 Å². The third kappa shape index (κ3) is 2.88. The largest absolute Gasteiger partial charge is 0.478 e. The molecule has 0 spiro atoms. The van der Waals surface area contributed by atoms with Gasteiger partial charge in [-0.05, 0) is 35.4 Å². The van der Waals surface area contributed by atoms with Crippen LogP contribution in [-0.2, 0) is 4.79 Å². The second-order valence-corrected chi connectivity index (χ2v) is 4.00. The lowest BCUT2D eigenvalue weighted by Crippen LogP contribution is -1.93. The first kappa shape index (κ1) is 13.9. The van der Waals surface area contributed by atoms with Crippen LogP contribution in [0.2, 0.25) is 0 Å². The van der Waals surface area contributed by atoms with Crippen LogP contribution in [0.15, 0.2) is 42.5 Å². The van der Waals surface area contributed by atoms with Crippen LogP contribution in [0.4, 0.5) is 13.2 Å². The zero-order chi connectivity index (χ0) is 14.7. The molecule has 2 nitrogen and oxygen atoms in total. The van der Waals surface area contributed by atoms with Gasteiger partial charge < -0.3 is 5.11 Å². The quantitative estimate of drug-likeness (QED) is 0.865. The first-order valence-corrected chi connectivity index (χ1v) is 5.64. The average molecular weight is 278 g/mol. The van der Waals surface area contributed by atoms with Crippen LogP contribution < -0.4 is 0 Å². The molecule has 0 atom stereocenters. The number of hydrogen-bond acceptors (Lipinski definition) is 1. The Labute approximate surface area is 112 Å². The number of rotatable bonds is 3. The third-order valence-corrected chi connectivity index (χ3v) is 2.66. The maximum absolute atomic E-state index is 13.8. The number of carboxylic acids is 1. The van der Waals surface area contributed by atoms with Gasteiger partial charge in [0, 0.05) is 11.6 Å². The molecule has 0 bridgehead atoms. The van der Waals surface area contributed by atoms with Gasteiger partial charge in [0.15, 0.2) is 11.6 Å². The fourth-order valence-electron chi connectivity index (χ4n) is 1.79. The molecular weight excluding hydrogens is 269 g/mol. The Hall–Kier alpha value is -2.56. The number of benzene rings is 2. The Morgan fingerprint density at radius 1 is 1.05 bits per heavy atom. The smallest absolute Gasteiger partial charge is 0.328 e. The van der Waals surface area contributed by atoms with Gasteiger partial charge in [0.05, 0.1) is 0 Å². The third-order valence-electron chi connectivity index (χ3n) is 2.66. The number of carbonyl (C=O) groups is 1. The van der Waals surface area contributed by atoms with Crippen molar-refractivity contribution in [3.63, 3.8) is 0 Å². The van der Waals surface area contributed by atoms with E-state index in [4.69, 9.17) is 5.11 Å². The van der Waals surface area contributed by atoms with Gasteiger partial charge in [-0.2, -0.15) is 0 Å².